The minimum atomic E-state index is -3.66. The van der Waals surface area contributed by atoms with Gasteiger partial charge in [0.2, 0.25) is 21.8 Å². The third-order valence-corrected chi connectivity index (χ3v) is 8.28. The average molecular weight is 492 g/mol. The van der Waals surface area contributed by atoms with Gasteiger partial charge in [-0.1, -0.05) is 29.8 Å². The van der Waals surface area contributed by atoms with Crippen LogP contribution in [-0.4, -0.2) is 80.2 Å². The summed E-state index contributed by atoms with van der Waals surface area (Å²) in [5.74, 6) is 0.357. The first-order valence-corrected chi connectivity index (χ1v) is 12.6. The Bertz CT molecular complexity index is 1130. The summed E-state index contributed by atoms with van der Waals surface area (Å²) in [6.07, 6.45) is 0.697. The molecule has 2 aromatic rings. The lowest BCUT2D eigenvalue weighted by molar-refractivity contribution is -0.139. The number of benzene rings is 2. The lowest BCUT2D eigenvalue weighted by Crippen LogP contribution is -2.53. The van der Waals surface area contributed by atoms with Gasteiger partial charge in [0.05, 0.1) is 24.5 Å². The van der Waals surface area contributed by atoms with Gasteiger partial charge < -0.3 is 4.74 Å². The molecule has 1 atom stereocenters. The number of nitrogens with zero attached hydrogens (tertiary/aromatic N) is 3. The predicted octanol–water partition coefficient (Wildman–Crippen LogP) is 2.03. The Morgan fingerprint density at radius 3 is 2.36 bits per heavy atom. The minimum absolute atomic E-state index is 0.127. The molecule has 0 bridgehead atoms. The quantitative estimate of drug-likeness (QED) is 0.551. The number of carbonyl (C=O) groups excluding carboxylic acids is 2. The van der Waals surface area contributed by atoms with Crippen molar-refractivity contribution < 1.29 is 22.7 Å². The first-order valence-electron chi connectivity index (χ1n) is 10.8. The first kappa shape index (κ1) is 23.7. The number of carbonyl (C=O) groups is 2. The molecule has 33 heavy (non-hydrogen) atoms. The van der Waals surface area contributed by atoms with Gasteiger partial charge in [-0.3, -0.25) is 19.4 Å². The van der Waals surface area contributed by atoms with Crippen LogP contribution in [0.4, 0.5) is 0 Å². The molecule has 0 aromatic heterocycles. The van der Waals surface area contributed by atoms with E-state index in [0.717, 1.165) is 11.3 Å². The van der Waals surface area contributed by atoms with E-state index in [9.17, 15) is 18.0 Å². The molecule has 4 rings (SSSR count). The van der Waals surface area contributed by atoms with Crippen LogP contribution < -0.4 is 4.74 Å². The maximum atomic E-state index is 13.0. The number of methoxy groups -OCH3 is 1. The van der Waals surface area contributed by atoms with Crippen molar-refractivity contribution >= 4 is 33.4 Å². The van der Waals surface area contributed by atoms with Crippen molar-refractivity contribution in [1.82, 2.24) is 14.1 Å². The molecule has 2 saturated heterocycles. The molecule has 0 aliphatic carbocycles. The lowest BCUT2D eigenvalue weighted by Gasteiger charge is -2.36. The number of hydrogen-bond acceptors (Lipinski definition) is 6. The Morgan fingerprint density at radius 1 is 1.03 bits per heavy atom. The van der Waals surface area contributed by atoms with Gasteiger partial charge in [0.15, 0.2) is 0 Å². The van der Waals surface area contributed by atoms with Crippen LogP contribution in [0.2, 0.25) is 5.02 Å². The van der Waals surface area contributed by atoms with E-state index >= 15 is 0 Å². The van der Waals surface area contributed by atoms with E-state index in [2.05, 4.69) is 0 Å². The van der Waals surface area contributed by atoms with Crippen molar-refractivity contribution in [2.45, 2.75) is 23.8 Å². The summed E-state index contributed by atoms with van der Waals surface area (Å²) in [5.41, 5.74) is 1.01. The normalized spacial score (nSPS) is 20.4. The average Bonchev–Trinajstić information content (AvgIpc) is 3.11. The molecule has 0 spiro atoms. The number of hydrogen-bond donors (Lipinski definition) is 0. The zero-order valence-electron chi connectivity index (χ0n) is 18.3. The fourth-order valence-corrected chi connectivity index (χ4v) is 5.97. The summed E-state index contributed by atoms with van der Waals surface area (Å²) < 4.78 is 32.4. The first-order chi connectivity index (χ1) is 15.8. The van der Waals surface area contributed by atoms with Gasteiger partial charge in [-0.2, -0.15) is 4.31 Å². The number of imide groups is 1. The fourth-order valence-electron chi connectivity index (χ4n) is 4.25. The van der Waals surface area contributed by atoms with Gasteiger partial charge >= 0.3 is 0 Å². The highest BCUT2D eigenvalue weighted by Crippen LogP contribution is 2.24. The number of ether oxygens (including phenoxy) is 1. The van der Waals surface area contributed by atoms with Crippen molar-refractivity contribution in [3.05, 3.63) is 59.1 Å². The Morgan fingerprint density at radius 2 is 1.73 bits per heavy atom. The van der Waals surface area contributed by atoms with Gasteiger partial charge in [0.25, 0.3) is 0 Å². The number of halogens is 1. The maximum absolute atomic E-state index is 13.0. The van der Waals surface area contributed by atoms with E-state index in [0.29, 0.717) is 31.1 Å². The minimum Gasteiger partial charge on any atom is -0.497 e. The molecule has 2 amide bonds. The maximum Gasteiger partial charge on any atom is 0.247 e. The summed E-state index contributed by atoms with van der Waals surface area (Å²) in [7, 11) is -2.06. The number of amides is 2. The standard InChI is InChI=1S/C23H26ClN3O5S/c1-32-19-7-5-17(6-8-19)9-10-27-22(28)16-21(23(27)29)25-11-13-26(14-12-25)33(30,31)20-4-2-3-18(24)15-20/h2-8,15,21H,9-14,16H2,1H3/t21-/m1/s1. The zero-order chi connectivity index (χ0) is 23.6. The van der Waals surface area contributed by atoms with Gasteiger partial charge in [-0.05, 0) is 42.3 Å². The van der Waals surface area contributed by atoms with Crippen molar-refractivity contribution in [1.29, 1.82) is 0 Å². The molecule has 2 aliphatic heterocycles. The van der Waals surface area contributed by atoms with Crippen LogP contribution in [0.15, 0.2) is 53.4 Å². The van der Waals surface area contributed by atoms with E-state index in [1.54, 1.807) is 19.2 Å². The molecular weight excluding hydrogens is 466 g/mol. The Hall–Kier alpha value is -2.46. The zero-order valence-corrected chi connectivity index (χ0v) is 19.9. The van der Waals surface area contributed by atoms with Crippen molar-refractivity contribution in [2.24, 2.45) is 0 Å². The monoisotopic (exact) mass is 491 g/mol. The Labute approximate surface area is 198 Å². The number of piperazine rings is 1. The largest absolute Gasteiger partial charge is 0.497 e. The van der Waals surface area contributed by atoms with Crippen LogP contribution in [0.25, 0.3) is 0 Å². The van der Waals surface area contributed by atoms with Crippen LogP contribution >= 0.6 is 11.6 Å². The SMILES string of the molecule is COc1ccc(CCN2C(=O)C[C@@H](N3CCN(S(=O)(=O)c4cccc(Cl)c4)CC3)C2=O)cc1. The number of sulfonamides is 1. The predicted molar refractivity (Wildman–Crippen MR) is 124 cm³/mol. The highest BCUT2D eigenvalue weighted by Gasteiger charge is 2.43. The highest BCUT2D eigenvalue weighted by molar-refractivity contribution is 7.89. The summed E-state index contributed by atoms with van der Waals surface area (Å²) in [4.78, 5) is 28.9. The van der Waals surface area contributed by atoms with Gasteiger partial charge in [0, 0.05) is 37.7 Å². The topological polar surface area (TPSA) is 87.2 Å². The molecule has 2 heterocycles. The second-order valence-electron chi connectivity index (χ2n) is 8.10. The van der Waals surface area contributed by atoms with Crippen molar-refractivity contribution in [2.75, 3.05) is 39.8 Å². The highest BCUT2D eigenvalue weighted by atomic mass is 35.5. The van der Waals surface area contributed by atoms with Crippen LogP contribution in [0.3, 0.4) is 0 Å². The number of rotatable bonds is 7. The van der Waals surface area contributed by atoms with Crippen LogP contribution in [0.5, 0.6) is 5.75 Å². The van der Waals surface area contributed by atoms with E-state index in [-0.39, 0.29) is 36.2 Å². The second-order valence-corrected chi connectivity index (χ2v) is 10.5. The van der Waals surface area contributed by atoms with Crippen LogP contribution in [-0.2, 0) is 26.0 Å². The molecule has 2 aromatic carbocycles. The molecule has 0 saturated carbocycles. The Kier molecular flexibility index (Phi) is 7.04. The third-order valence-electron chi connectivity index (χ3n) is 6.15. The molecule has 0 radical (unpaired) electrons. The van der Waals surface area contributed by atoms with Gasteiger partial charge in [-0.15, -0.1) is 0 Å². The van der Waals surface area contributed by atoms with Crippen LogP contribution in [0.1, 0.15) is 12.0 Å². The molecule has 8 nitrogen and oxygen atoms in total. The second kappa shape index (κ2) is 9.80. The van der Waals surface area contributed by atoms with Gasteiger partial charge in [0.1, 0.15) is 5.75 Å². The summed E-state index contributed by atoms with van der Waals surface area (Å²) in [5, 5.41) is 0.361. The lowest BCUT2D eigenvalue weighted by atomic mass is 10.1. The third kappa shape index (κ3) is 5.06. The molecule has 176 valence electrons. The molecule has 2 aliphatic rings. The summed E-state index contributed by atoms with van der Waals surface area (Å²) in [6, 6.07) is 13.2. The Balaban J connectivity index is 1.34. The summed E-state index contributed by atoms with van der Waals surface area (Å²) >= 11 is 5.95. The van der Waals surface area contributed by atoms with E-state index in [1.807, 2.05) is 29.2 Å². The van der Waals surface area contributed by atoms with Crippen molar-refractivity contribution in [3.63, 3.8) is 0 Å². The fraction of sp³-hybridized carbons (Fsp3) is 0.391. The smallest absolute Gasteiger partial charge is 0.247 e. The molecular formula is C23H26ClN3O5S. The van der Waals surface area contributed by atoms with Gasteiger partial charge in [-0.25, -0.2) is 8.42 Å². The van der Waals surface area contributed by atoms with Crippen LogP contribution in [0, 0.1) is 0 Å². The van der Waals surface area contributed by atoms with Crippen molar-refractivity contribution in [3.8, 4) is 5.75 Å². The van der Waals surface area contributed by atoms with E-state index in [4.69, 9.17) is 16.3 Å². The van der Waals surface area contributed by atoms with E-state index < -0.39 is 16.1 Å². The summed E-state index contributed by atoms with van der Waals surface area (Å²) in [6.45, 7) is 1.59. The molecule has 2 fully saturated rings. The molecule has 0 unspecified atom stereocenters. The number of likely N-dealkylation sites (tertiary alicyclic amines) is 1. The molecule has 10 heteroatoms. The van der Waals surface area contributed by atoms with E-state index in [1.165, 1.54) is 21.3 Å². The molecule has 0 N–H and O–H groups in total.